The first-order chi connectivity index (χ1) is 21.0. The lowest BCUT2D eigenvalue weighted by Crippen LogP contribution is -2.14. The Morgan fingerprint density at radius 1 is 0.488 bits per heavy atom. The third-order valence-corrected chi connectivity index (χ3v) is 10.9. The molecule has 0 radical (unpaired) electrons. The Bertz CT molecular complexity index is 1730. The van der Waals surface area contributed by atoms with Crippen LogP contribution in [0.1, 0.15) is 11.1 Å². The number of fused-ring (bicyclic) bond motifs is 4. The van der Waals surface area contributed by atoms with Gasteiger partial charge in [-0.15, -0.1) is 0 Å². The van der Waals surface area contributed by atoms with Gasteiger partial charge in [-0.1, -0.05) is 128 Å². The summed E-state index contributed by atoms with van der Waals surface area (Å²) in [7, 11) is 0. The Labute approximate surface area is 292 Å². The number of hydrogen-bond donors (Lipinski definition) is 0. The molecular weight excluding hydrogens is 809 g/mol. The molecule has 0 amide bonds. The van der Waals surface area contributed by atoms with Gasteiger partial charge in [0.05, 0.1) is 11.4 Å². The minimum Gasteiger partial charge on any atom is -0.308 e. The zero-order valence-corrected chi connectivity index (χ0v) is 29.9. The molecule has 0 atom stereocenters. The van der Waals surface area contributed by atoms with Crippen molar-refractivity contribution in [1.82, 2.24) is 0 Å². The molecule has 8 rings (SSSR count). The summed E-state index contributed by atoms with van der Waals surface area (Å²) in [6.07, 6.45) is 1.08. The third-order valence-electron chi connectivity index (χ3n) is 6.83. The average molecular weight is 835 g/mol. The normalized spacial score (nSPS) is 12.2. The zero-order chi connectivity index (χ0) is 29.6. The maximum atomic E-state index is 3.58. The van der Waals surface area contributed by atoms with Gasteiger partial charge in [-0.2, -0.15) is 0 Å². The van der Waals surface area contributed by atoms with E-state index in [0.717, 1.165) is 15.4 Å². The summed E-state index contributed by atoms with van der Waals surface area (Å²) in [4.78, 5) is 7.72. The molecule has 6 aromatic carbocycles. The molecule has 0 saturated carbocycles. The summed E-state index contributed by atoms with van der Waals surface area (Å²) < 4.78 is 3.49. The molecule has 0 saturated heterocycles. The smallest absolute Gasteiger partial charge is 0.0601 e. The first kappa shape index (κ1) is 30.5. The number of benzene rings is 6. The van der Waals surface area contributed by atoms with E-state index in [4.69, 9.17) is 0 Å². The fourth-order valence-corrected chi connectivity index (χ4v) is 8.77. The SMILES string of the molecule is Brc1cccc(I)c1.Brc1cccc(N2c3ccccc3Sc3ccccc32)c1.c1ccc2c(c1)Cc1ccccc1S2. The van der Waals surface area contributed by atoms with Gasteiger partial charge in [0.1, 0.15) is 0 Å². The third kappa shape index (κ3) is 7.60. The molecule has 6 heteroatoms. The van der Waals surface area contributed by atoms with E-state index in [1.165, 1.54) is 51.3 Å². The van der Waals surface area contributed by atoms with Crippen LogP contribution in [0.5, 0.6) is 0 Å². The van der Waals surface area contributed by atoms with Crippen molar-refractivity contribution in [3.8, 4) is 0 Å². The zero-order valence-electron chi connectivity index (χ0n) is 23.0. The molecule has 43 heavy (non-hydrogen) atoms. The molecule has 0 fully saturated rings. The molecule has 0 aliphatic carbocycles. The molecule has 2 aliphatic heterocycles. The average Bonchev–Trinajstić information content (AvgIpc) is 3.03. The van der Waals surface area contributed by atoms with Gasteiger partial charge in [0.2, 0.25) is 0 Å². The minimum absolute atomic E-state index is 1.08. The van der Waals surface area contributed by atoms with Gasteiger partial charge < -0.3 is 4.90 Å². The van der Waals surface area contributed by atoms with Crippen molar-refractivity contribution in [3.05, 3.63) is 169 Å². The second-order valence-corrected chi connectivity index (χ2v) is 15.0. The molecule has 0 unspecified atom stereocenters. The maximum Gasteiger partial charge on any atom is 0.0601 e. The first-order valence-electron chi connectivity index (χ1n) is 13.7. The van der Waals surface area contributed by atoms with Crippen molar-refractivity contribution < 1.29 is 0 Å². The lowest BCUT2D eigenvalue weighted by molar-refractivity contribution is 1.06. The van der Waals surface area contributed by atoms with Crippen LogP contribution in [-0.2, 0) is 6.42 Å². The quantitative estimate of drug-likeness (QED) is 0.152. The number of halogens is 3. The lowest BCUT2D eigenvalue weighted by atomic mass is 10.0. The van der Waals surface area contributed by atoms with Gasteiger partial charge in [0.15, 0.2) is 0 Å². The number of anilines is 3. The Hall–Kier alpha value is -2.49. The van der Waals surface area contributed by atoms with Crippen molar-refractivity contribution in [2.45, 2.75) is 26.0 Å². The van der Waals surface area contributed by atoms with Crippen LogP contribution in [0.15, 0.2) is 174 Å². The second kappa shape index (κ2) is 14.5. The number of para-hydroxylation sites is 2. The largest absolute Gasteiger partial charge is 0.308 e. The summed E-state index contributed by atoms with van der Waals surface area (Å²) in [6.45, 7) is 0. The van der Waals surface area contributed by atoms with Gasteiger partial charge in [-0.3, -0.25) is 0 Å². The van der Waals surface area contributed by atoms with Crippen molar-refractivity contribution in [2.75, 3.05) is 4.90 Å². The number of nitrogens with zero attached hydrogens (tertiary/aromatic N) is 1. The predicted molar refractivity (Wildman–Crippen MR) is 200 cm³/mol. The first-order valence-corrected chi connectivity index (χ1v) is 18.0. The molecule has 212 valence electrons. The molecule has 0 spiro atoms. The highest BCUT2D eigenvalue weighted by atomic mass is 127. The monoisotopic (exact) mass is 833 g/mol. The van der Waals surface area contributed by atoms with Crippen LogP contribution in [0.4, 0.5) is 17.1 Å². The van der Waals surface area contributed by atoms with Gasteiger partial charge in [0.25, 0.3) is 0 Å². The number of rotatable bonds is 1. The maximum absolute atomic E-state index is 3.58. The molecular formula is C37H26Br2INS2. The van der Waals surface area contributed by atoms with Crippen molar-refractivity contribution in [2.24, 2.45) is 0 Å². The standard InChI is InChI=1S/C18H12BrNS.C13H10S.C6H4BrI/c19-13-6-5-7-14(12-13)20-15-8-1-3-10-17(15)21-18-11-4-2-9-16(18)20;1-3-7-12-10(5-1)9-11-6-2-4-8-13(11)14-12;7-5-2-1-3-6(8)4-5/h1-12H;1-8H,9H2;1-4H. The molecule has 2 heterocycles. The highest BCUT2D eigenvalue weighted by Gasteiger charge is 2.24. The summed E-state index contributed by atoms with van der Waals surface area (Å²) in [5.74, 6) is 0. The summed E-state index contributed by atoms with van der Waals surface area (Å²) >= 11 is 12.9. The van der Waals surface area contributed by atoms with Crippen molar-refractivity contribution >= 4 is 95.0 Å². The molecule has 0 bridgehead atoms. The van der Waals surface area contributed by atoms with Crippen LogP contribution >= 0.6 is 78.0 Å². The predicted octanol–water partition coefficient (Wildman–Crippen LogP) is 13.2. The molecule has 0 N–H and O–H groups in total. The topological polar surface area (TPSA) is 3.24 Å². The Morgan fingerprint density at radius 2 is 0.953 bits per heavy atom. The molecule has 1 nitrogen and oxygen atoms in total. The second-order valence-electron chi connectivity index (χ2n) is 9.79. The van der Waals surface area contributed by atoms with Gasteiger partial charge >= 0.3 is 0 Å². The van der Waals surface area contributed by atoms with Crippen LogP contribution in [-0.4, -0.2) is 0 Å². The van der Waals surface area contributed by atoms with E-state index in [-0.39, 0.29) is 0 Å². The number of hydrogen-bond acceptors (Lipinski definition) is 3. The van der Waals surface area contributed by atoms with Gasteiger partial charge in [0, 0.05) is 37.8 Å². The Morgan fingerprint density at radius 3 is 1.47 bits per heavy atom. The fourth-order valence-electron chi connectivity index (χ4n) is 4.88. The van der Waals surface area contributed by atoms with Crippen LogP contribution < -0.4 is 4.90 Å². The Kier molecular flexibility index (Phi) is 10.3. The lowest BCUT2D eigenvalue weighted by Gasteiger charge is -2.32. The summed E-state index contributed by atoms with van der Waals surface area (Å²) in [6, 6.07) is 51.0. The summed E-state index contributed by atoms with van der Waals surface area (Å²) in [5.41, 5.74) is 6.55. The van der Waals surface area contributed by atoms with E-state index < -0.39 is 0 Å². The minimum atomic E-state index is 1.08. The Balaban J connectivity index is 0.000000128. The van der Waals surface area contributed by atoms with E-state index in [0.29, 0.717) is 0 Å². The van der Waals surface area contributed by atoms with Crippen molar-refractivity contribution in [1.29, 1.82) is 0 Å². The van der Waals surface area contributed by atoms with Crippen LogP contribution in [0, 0.1) is 3.57 Å². The molecule has 6 aromatic rings. The summed E-state index contributed by atoms with van der Waals surface area (Å²) in [5, 5.41) is 0. The fraction of sp³-hybridized carbons (Fsp3) is 0.0270. The van der Waals surface area contributed by atoms with E-state index in [9.17, 15) is 0 Å². The van der Waals surface area contributed by atoms with E-state index in [1.807, 2.05) is 35.7 Å². The van der Waals surface area contributed by atoms with E-state index in [2.05, 4.69) is 193 Å². The molecule has 2 aliphatic rings. The van der Waals surface area contributed by atoms with E-state index >= 15 is 0 Å². The van der Waals surface area contributed by atoms with Crippen LogP contribution in [0.2, 0.25) is 0 Å². The highest BCUT2D eigenvalue weighted by molar-refractivity contribution is 14.1. The van der Waals surface area contributed by atoms with Gasteiger partial charge in [-0.25, -0.2) is 0 Å². The van der Waals surface area contributed by atoms with Crippen LogP contribution in [0.3, 0.4) is 0 Å². The van der Waals surface area contributed by atoms with Crippen molar-refractivity contribution in [3.63, 3.8) is 0 Å². The highest BCUT2D eigenvalue weighted by Crippen LogP contribution is 2.51. The molecule has 0 aromatic heterocycles. The van der Waals surface area contributed by atoms with Crippen LogP contribution in [0.25, 0.3) is 0 Å². The van der Waals surface area contributed by atoms with Gasteiger partial charge in [-0.05, 0) is 113 Å². The van der Waals surface area contributed by atoms with E-state index in [1.54, 1.807) is 0 Å².